The standard InChI is InChI=1S/C26H24N4O4/c1-3-4-11-29-22-9-7-17(13-20(22)27-15-24(29)31)25-28-21-14-18(26(32)33-2)8-10-23(21)30(25)16-19-6-5-12-34-19/h5-10,12-15H,3-4,11,16H2,1-2H3. The van der Waals surface area contributed by atoms with Crippen molar-refractivity contribution in [2.75, 3.05) is 7.11 Å². The molecular formula is C26H24N4O4. The van der Waals surface area contributed by atoms with Gasteiger partial charge in [-0.25, -0.2) is 14.8 Å². The van der Waals surface area contributed by atoms with Crippen LogP contribution in [0.15, 0.2) is 70.2 Å². The van der Waals surface area contributed by atoms with Crippen LogP contribution in [0.2, 0.25) is 0 Å². The number of methoxy groups -OCH3 is 1. The number of unbranched alkanes of at least 4 members (excludes halogenated alkanes) is 1. The quantitative estimate of drug-likeness (QED) is 0.331. The van der Waals surface area contributed by atoms with E-state index >= 15 is 0 Å². The first-order chi connectivity index (χ1) is 16.6. The molecule has 5 rings (SSSR count). The van der Waals surface area contributed by atoms with Crippen LogP contribution in [0.5, 0.6) is 0 Å². The van der Waals surface area contributed by atoms with E-state index in [1.807, 2.05) is 41.0 Å². The molecule has 3 aromatic heterocycles. The minimum Gasteiger partial charge on any atom is -0.467 e. The van der Waals surface area contributed by atoms with E-state index < -0.39 is 5.97 Å². The molecule has 0 aliphatic heterocycles. The van der Waals surface area contributed by atoms with E-state index in [0.29, 0.717) is 30.0 Å². The molecule has 5 aromatic rings. The first-order valence-electron chi connectivity index (χ1n) is 11.2. The number of carbonyl (C=O) groups is 1. The number of nitrogens with zero attached hydrogens (tertiary/aromatic N) is 4. The normalized spacial score (nSPS) is 11.4. The lowest BCUT2D eigenvalue weighted by molar-refractivity contribution is 0.0601. The van der Waals surface area contributed by atoms with Gasteiger partial charge in [-0.05, 0) is 55.0 Å². The second-order valence-electron chi connectivity index (χ2n) is 8.10. The van der Waals surface area contributed by atoms with Crippen LogP contribution in [0.4, 0.5) is 0 Å². The Morgan fingerprint density at radius 1 is 1.06 bits per heavy atom. The van der Waals surface area contributed by atoms with E-state index in [1.54, 1.807) is 23.0 Å². The van der Waals surface area contributed by atoms with Crippen molar-refractivity contribution >= 4 is 28.0 Å². The van der Waals surface area contributed by atoms with Crippen LogP contribution in [-0.4, -0.2) is 32.2 Å². The second-order valence-corrected chi connectivity index (χ2v) is 8.10. The zero-order chi connectivity index (χ0) is 23.7. The van der Waals surface area contributed by atoms with Gasteiger partial charge in [0.25, 0.3) is 5.56 Å². The maximum absolute atomic E-state index is 12.4. The van der Waals surface area contributed by atoms with Gasteiger partial charge < -0.3 is 18.3 Å². The van der Waals surface area contributed by atoms with E-state index in [0.717, 1.165) is 40.7 Å². The van der Waals surface area contributed by atoms with Gasteiger partial charge in [0.1, 0.15) is 11.6 Å². The predicted octanol–water partition coefficient (Wildman–Crippen LogP) is 4.64. The third kappa shape index (κ3) is 3.87. The van der Waals surface area contributed by atoms with E-state index in [9.17, 15) is 9.59 Å². The number of rotatable bonds is 7. The van der Waals surface area contributed by atoms with Crippen molar-refractivity contribution in [1.29, 1.82) is 0 Å². The van der Waals surface area contributed by atoms with Crippen LogP contribution in [0.3, 0.4) is 0 Å². The molecule has 0 atom stereocenters. The number of carbonyl (C=O) groups excluding carboxylic acids is 1. The largest absolute Gasteiger partial charge is 0.467 e. The summed E-state index contributed by atoms with van der Waals surface area (Å²) < 4.78 is 14.3. The van der Waals surface area contributed by atoms with Crippen LogP contribution >= 0.6 is 0 Å². The highest BCUT2D eigenvalue weighted by Gasteiger charge is 2.17. The maximum atomic E-state index is 12.4. The molecule has 0 fully saturated rings. The molecule has 0 radical (unpaired) electrons. The third-order valence-electron chi connectivity index (χ3n) is 5.90. The molecule has 34 heavy (non-hydrogen) atoms. The Morgan fingerprint density at radius 2 is 1.88 bits per heavy atom. The van der Waals surface area contributed by atoms with Crippen molar-refractivity contribution < 1.29 is 13.9 Å². The SMILES string of the molecule is CCCCn1c(=O)cnc2cc(-c3nc4cc(C(=O)OC)ccc4n3Cc3ccco3)ccc21. The lowest BCUT2D eigenvalue weighted by Gasteiger charge is -2.11. The van der Waals surface area contributed by atoms with Crippen molar-refractivity contribution in [1.82, 2.24) is 19.1 Å². The molecule has 0 bridgehead atoms. The molecule has 8 heteroatoms. The van der Waals surface area contributed by atoms with Gasteiger partial charge in [0.2, 0.25) is 0 Å². The Labute approximate surface area is 195 Å². The number of fused-ring (bicyclic) bond motifs is 2. The molecule has 172 valence electrons. The Kier molecular flexibility index (Phi) is 5.71. The lowest BCUT2D eigenvalue weighted by Crippen LogP contribution is -2.20. The minimum atomic E-state index is -0.413. The van der Waals surface area contributed by atoms with Gasteiger partial charge >= 0.3 is 5.97 Å². The summed E-state index contributed by atoms with van der Waals surface area (Å²) in [6.07, 6.45) is 4.93. The molecule has 0 saturated carbocycles. The monoisotopic (exact) mass is 456 g/mol. The molecule has 0 spiro atoms. The summed E-state index contributed by atoms with van der Waals surface area (Å²) in [4.78, 5) is 33.7. The number of esters is 1. The first-order valence-corrected chi connectivity index (χ1v) is 11.2. The Hall–Kier alpha value is -4.20. The average molecular weight is 457 g/mol. The highest BCUT2D eigenvalue weighted by molar-refractivity contribution is 5.94. The van der Waals surface area contributed by atoms with E-state index in [4.69, 9.17) is 14.1 Å². The molecule has 2 aromatic carbocycles. The highest BCUT2D eigenvalue weighted by atomic mass is 16.5. The number of ether oxygens (including phenoxy) is 1. The Morgan fingerprint density at radius 3 is 2.65 bits per heavy atom. The van der Waals surface area contributed by atoms with E-state index in [2.05, 4.69) is 11.9 Å². The molecule has 0 unspecified atom stereocenters. The number of furan rings is 1. The number of hydrogen-bond acceptors (Lipinski definition) is 6. The van der Waals surface area contributed by atoms with Crippen LogP contribution in [0.25, 0.3) is 33.5 Å². The summed E-state index contributed by atoms with van der Waals surface area (Å²) in [6, 6.07) is 14.9. The van der Waals surface area contributed by atoms with Crippen molar-refractivity contribution in [2.24, 2.45) is 0 Å². The number of aromatic nitrogens is 4. The molecule has 0 N–H and O–H groups in total. The van der Waals surface area contributed by atoms with Gasteiger partial charge in [-0.3, -0.25) is 4.79 Å². The van der Waals surface area contributed by atoms with Crippen LogP contribution in [-0.2, 0) is 17.8 Å². The van der Waals surface area contributed by atoms with Crippen molar-refractivity contribution in [3.05, 3.63) is 82.7 Å². The van der Waals surface area contributed by atoms with E-state index in [1.165, 1.54) is 13.3 Å². The molecule has 0 aliphatic rings. The summed E-state index contributed by atoms with van der Waals surface area (Å²) in [5, 5.41) is 0. The minimum absolute atomic E-state index is 0.103. The Bertz CT molecular complexity index is 1550. The predicted molar refractivity (Wildman–Crippen MR) is 129 cm³/mol. The topological polar surface area (TPSA) is 92.1 Å². The summed E-state index contributed by atoms with van der Waals surface area (Å²) in [7, 11) is 1.36. The van der Waals surface area contributed by atoms with Gasteiger partial charge in [0, 0.05) is 12.1 Å². The first kappa shape index (κ1) is 21.6. The molecule has 0 amide bonds. The molecule has 0 aliphatic carbocycles. The molecular weight excluding hydrogens is 432 g/mol. The highest BCUT2D eigenvalue weighted by Crippen LogP contribution is 2.29. The van der Waals surface area contributed by atoms with Crippen molar-refractivity contribution in [2.45, 2.75) is 32.9 Å². The smallest absolute Gasteiger partial charge is 0.337 e. The zero-order valence-electron chi connectivity index (χ0n) is 19.0. The average Bonchev–Trinajstić information content (AvgIpc) is 3.50. The molecule has 8 nitrogen and oxygen atoms in total. The maximum Gasteiger partial charge on any atom is 0.337 e. The van der Waals surface area contributed by atoms with E-state index in [-0.39, 0.29) is 5.56 Å². The Balaban J connectivity index is 1.67. The van der Waals surface area contributed by atoms with Gasteiger partial charge in [-0.1, -0.05) is 13.3 Å². The summed E-state index contributed by atoms with van der Waals surface area (Å²) >= 11 is 0. The van der Waals surface area contributed by atoms with Crippen molar-refractivity contribution in [3.8, 4) is 11.4 Å². The van der Waals surface area contributed by atoms with Crippen LogP contribution < -0.4 is 5.56 Å². The third-order valence-corrected chi connectivity index (χ3v) is 5.90. The fraction of sp³-hybridized carbons (Fsp3) is 0.231. The number of imidazole rings is 1. The van der Waals surface area contributed by atoms with Gasteiger partial charge in [-0.2, -0.15) is 0 Å². The van der Waals surface area contributed by atoms with Crippen LogP contribution in [0.1, 0.15) is 35.9 Å². The summed E-state index contributed by atoms with van der Waals surface area (Å²) in [5.74, 6) is 1.08. The summed E-state index contributed by atoms with van der Waals surface area (Å²) in [5.41, 5.74) is 4.23. The van der Waals surface area contributed by atoms with Gasteiger partial charge in [0.05, 0.1) is 53.7 Å². The van der Waals surface area contributed by atoms with Gasteiger partial charge in [-0.15, -0.1) is 0 Å². The molecule has 0 saturated heterocycles. The fourth-order valence-electron chi connectivity index (χ4n) is 4.17. The fourth-order valence-corrected chi connectivity index (χ4v) is 4.17. The lowest BCUT2D eigenvalue weighted by atomic mass is 10.1. The van der Waals surface area contributed by atoms with Gasteiger partial charge in [0.15, 0.2) is 0 Å². The number of hydrogen-bond donors (Lipinski definition) is 0. The van der Waals surface area contributed by atoms with Crippen molar-refractivity contribution in [3.63, 3.8) is 0 Å². The summed E-state index contributed by atoms with van der Waals surface area (Å²) in [6.45, 7) is 3.22. The second kappa shape index (κ2) is 8.97. The van der Waals surface area contributed by atoms with Crippen LogP contribution in [0, 0.1) is 0 Å². The molecule has 3 heterocycles. The zero-order valence-corrected chi connectivity index (χ0v) is 19.0. The number of benzene rings is 2. The number of aryl methyl sites for hydroxylation is 1.